The van der Waals surface area contributed by atoms with E-state index in [1.54, 1.807) is 0 Å². The molecule has 4 heteroatoms. The summed E-state index contributed by atoms with van der Waals surface area (Å²) in [6.45, 7) is 4.70. The third kappa shape index (κ3) is 5.01. The van der Waals surface area contributed by atoms with Crippen molar-refractivity contribution in [1.29, 1.82) is 0 Å². The van der Waals surface area contributed by atoms with E-state index in [0.717, 1.165) is 12.1 Å². The lowest BCUT2D eigenvalue weighted by Gasteiger charge is -2.19. The summed E-state index contributed by atoms with van der Waals surface area (Å²) < 4.78 is 0. The molecule has 0 fully saturated rings. The molecule has 106 valence electrons. The maximum atomic E-state index is 12.1. The molecule has 0 saturated carbocycles. The summed E-state index contributed by atoms with van der Waals surface area (Å²) in [6, 6.07) is 7.58. The van der Waals surface area contributed by atoms with Gasteiger partial charge in [-0.25, -0.2) is 0 Å². The Kier molecular flexibility index (Phi) is 5.99. The number of carbonyl (C=O) groups excluding carboxylic acids is 1. The van der Waals surface area contributed by atoms with Crippen LogP contribution in [0.5, 0.6) is 0 Å². The Bertz CT molecular complexity index is 418. The lowest BCUT2D eigenvalue weighted by molar-refractivity contribution is 0.0916. The summed E-state index contributed by atoms with van der Waals surface area (Å²) in [5.74, 6) is -0.0395. The number of aliphatic hydroxyl groups is 1. The van der Waals surface area contributed by atoms with Crippen molar-refractivity contribution < 1.29 is 9.90 Å². The summed E-state index contributed by atoms with van der Waals surface area (Å²) in [5, 5.41) is 12.0. The fourth-order valence-electron chi connectivity index (χ4n) is 1.77. The number of nitrogens with zero attached hydrogens (tertiary/aromatic N) is 1. The molecule has 4 nitrogen and oxygen atoms in total. The van der Waals surface area contributed by atoms with E-state index in [4.69, 9.17) is 5.11 Å². The number of hydrogen-bond acceptors (Lipinski definition) is 3. The van der Waals surface area contributed by atoms with Crippen LogP contribution in [0.1, 0.15) is 29.8 Å². The second-order valence-electron chi connectivity index (χ2n) is 5.36. The normalized spacial score (nSPS) is 14.2. The largest absolute Gasteiger partial charge is 0.396 e. The highest BCUT2D eigenvalue weighted by Gasteiger charge is 2.15. The zero-order valence-corrected chi connectivity index (χ0v) is 12.2. The molecular weight excluding hydrogens is 240 g/mol. The molecule has 1 rings (SSSR count). The second kappa shape index (κ2) is 7.26. The number of benzene rings is 1. The van der Waals surface area contributed by atoms with Gasteiger partial charge < -0.3 is 15.3 Å². The molecule has 2 N–H and O–H groups in total. The second-order valence-corrected chi connectivity index (χ2v) is 5.36. The summed E-state index contributed by atoms with van der Waals surface area (Å²) in [7, 11) is 4.00. The highest BCUT2D eigenvalue weighted by atomic mass is 16.3. The predicted molar refractivity (Wildman–Crippen MR) is 77.0 cm³/mol. The Morgan fingerprint density at radius 2 is 2.05 bits per heavy atom. The van der Waals surface area contributed by atoms with Crippen LogP contribution in [-0.4, -0.2) is 42.7 Å². The van der Waals surface area contributed by atoms with Crippen LogP contribution < -0.4 is 5.32 Å². The van der Waals surface area contributed by atoms with Crippen molar-refractivity contribution in [1.82, 2.24) is 10.2 Å². The monoisotopic (exact) mass is 264 g/mol. The average molecular weight is 264 g/mol. The van der Waals surface area contributed by atoms with Gasteiger partial charge in [0.25, 0.3) is 5.91 Å². The minimum Gasteiger partial charge on any atom is -0.396 e. The Balaban J connectivity index is 2.71. The van der Waals surface area contributed by atoms with Gasteiger partial charge in [-0.3, -0.25) is 4.79 Å². The van der Waals surface area contributed by atoms with Crippen LogP contribution in [0.3, 0.4) is 0 Å². The van der Waals surface area contributed by atoms with Gasteiger partial charge in [0, 0.05) is 24.8 Å². The van der Waals surface area contributed by atoms with E-state index in [-0.39, 0.29) is 24.5 Å². The molecule has 1 aromatic carbocycles. The van der Waals surface area contributed by atoms with Gasteiger partial charge in [-0.15, -0.1) is 0 Å². The lowest BCUT2D eigenvalue weighted by Crippen LogP contribution is -2.38. The van der Waals surface area contributed by atoms with Crippen molar-refractivity contribution in [3.8, 4) is 0 Å². The third-order valence-electron chi connectivity index (χ3n) is 3.19. The quantitative estimate of drug-likeness (QED) is 0.818. The fourth-order valence-corrected chi connectivity index (χ4v) is 1.77. The molecular formula is C15H24N2O2. The standard InChI is InChI=1S/C15H24N2O2/c1-11(10-18)12(2)16-15(19)14-7-5-6-13(8-14)9-17(3)4/h5-8,11-12,18H,9-10H2,1-4H3,(H,16,19). The zero-order chi connectivity index (χ0) is 14.4. The van der Waals surface area contributed by atoms with Crippen molar-refractivity contribution in [3.63, 3.8) is 0 Å². The molecule has 0 radical (unpaired) electrons. The number of rotatable bonds is 6. The van der Waals surface area contributed by atoms with E-state index in [2.05, 4.69) is 10.2 Å². The van der Waals surface area contributed by atoms with Crippen LogP contribution in [-0.2, 0) is 6.54 Å². The molecule has 1 amide bonds. The van der Waals surface area contributed by atoms with Crippen molar-refractivity contribution in [2.24, 2.45) is 5.92 Å². The molecule has 0 aliphatic heterocycles. The molecule has 2 unspecified atom stereocenters. The Morgan fingerprint density at radius 1 is 1.37 bits per heavy atom. The minimum atomic E-state index is -0.0894. The van der Waals surface area contributed by atoms with E-state index in [1.807, 2.05) is 52.2 Å². The number of amides is 1. The molecule has 0 aliphatic rings. The van der Waals surface area contributed by atoms with Crippen molar-refractivity contribution in [2.75, 3.05) is 20.7 Å². The van der Waals surface area contributed by atoms with E-state index in [1.165, 1.54) is 0 Å². The molecule has 19 heavy (non-hydrogen) atoms. The summed E-state index contributed by atoms with van der Waals surface area (Å²) in [6.07, 6.45) is 0. The molecule has 2 atom stereocenters. The summed E-state index contributed by atoms with van der Waals surface area (Å²) >= 11 is 0. The number of carbonyl (C=O) groups is 1. The van der Waals surface area contributed by atoms with Gasteiger partial charge in [0.1, 0.15) is 0 Å². The van der Waals surface area contributed by atoms with E-state index < -0.39 is 0 Å². The minimum absolute atomic E-state index is 0.0463. The smallest absolute Gasteiger partial charge is 0.251 e. The topological polar surface area (TPSA) is 52.6 Å². The van der Waals surface area contributed by atoms with Crippen LogP contribution in [0.4, 0.5) is 0 Å². The summed E-state index contributed by atoms with van der Waals surface area (Å²) in [4.78, 5) is 14.2. The SMILES string of the molecule is CC(CO)C(C)NC(=O)c1cccc(CN(C)C)c1. The highest BCUT2D eigenvalue weighted by Crippen LogP contribution is 2.08. The van der Waals surface area contributed by atoms with Crippen LogP contribution in [0.25, 0.3) is 0 Å². The molecule has 0 heterocycles. The molecule has 0 aliphatic carbocycles. The van der Waals surface area contributed by atoms with Crippen LogP contribution in [0, 0.1) is 5.92 Å². The number of nitrogens with one attached hydrogen (secondary N) is 1. The fraction of sp³-hybridized carbons (Fsp3) is 0.533. The molecule has 0 aromatic heterocycles. The summed E-state index contributed by atoms with van der Waals surface area (Å²) in [5.41, 5.74) is 1.77. The first-order valence-corrected chi connectivity index (χ1v) is 6.59. The van der Waals surface area contributed by atoms with E-state index in [0.29, 0.717) is 5.56 Å². The van der Waals surface area contributed by atoms with E-state index in [9.17, 15) is 4.79 Å². The highest BCUT2D eigenvalue weighted by molar-refractivity contribution is 5.94. The zero-order valence-electron chi connectivity index (χ0n) is 12.2. The molecule has 1 aromatic rings. The predicted octanol–water partition coefficient (Wildman–Crippen LogP) is 1.49. The van der Waals surface area contributed by atoms with Crippen LogP contribution >= 0.6 is 0 Å². The number of hydrogen-bond donors (Lipinski definition) is 2. The van der Waals surface area contributed by atoms with Gasteiger partial charge in [-0.1, -0.05) is 19.1 Å². The Morgan fingerprint density at radius 3 is 2.63 bits per heavy atom. The maximum absolute atomic E-state index is 12.1. The van der Waals surface area contributed by atoms with Crippen molar-refractivity contribution >= 4 is 5.91 Å². The Hall–Kier alpha value is -1.39. The molecule has 0 bridgehead atoms. The van der Waals surface area contributed by atoms with Gasteiger partial charge in [-0.05, 0) is 44.6 Å². The van der Waals surface area contributed by atoms with Gasteiger partial charge in [-0.2, -0.15) is 0 Å². The van der Waals surface area contributed by atoms with Gasteiger partial charge >= 0.3 is 0 Å². The average Bonchev–Trinajstić information content (AvgIpc) is 2.37. The third-order valence-corrected chi connectivity index (χ3v) is 3.19. The first-order valence-electron chi connectivity index (χ1n) is 6.59. The van der Waals surface area contributed by atoms with Gasteiger partial charge in [0.2, 0.25) is 0 Å². The van der Waals surface area contributed by atoms with Crippen LogP contribution in [0.15, 0.2) is 24.3 Å². The van der Waals surface area contributed by atoms with Crippen LogP contribution in [0.2, 0.25) is 0 Å². The van der Waals surface area contributed by atoms with Crippen molar-refractivity contribution in [2.45, 2.75) is 26.4 Å². The van der Waals surface area contributed by atoms with Gasteiger partial charge in [0.15, 0.2) is 0 Å². The molecule has 0 saturated heterocycles. The maximum Gasteiger partial charge on any atom is 0.251 e. The first-order chi connectivity index (χ1) is 8.93. The first kappa shape index (κ1) is 15.7. The van der Waals surface area contributed by atoms with Gasteiger partial charge in [0.05, 0.1) is 0 Å². The lowest BCUT2D eigenvalue weighted by atomic mass is 10.0. The molecule has 0 spiro atoms. The van der Waals surface area contributed by atoms with E-state index >= 15 is 0 Å². The Labute approximate surface area is 115 Å². The number of aliphatic hydroxyl groups excluding tert-OH is 1. The van der Waals surface area contributed by atoms with Crippen molar-refractivity contribution in [3.05, 3.63) is 35.4 Å².